The fraction of sp³-hybridized carbons (Fsp3) is 0.0455. The van der Waals surface area contributed by atoms with E-state index < -0.39 is 10.1 Å². The summed E-state index contributed by atoms with van der Waals surface area (Å²) in [6.45, 7) is 1.87. The highest BCUT2D eigenvalue weighted by Crippen LogP contribution is 2.26. The molecule has 1 aromatic heterocycles. The molecule has 0 spiro atoms. The summed E-state index contributed by atoms with van der Waals surface area (Å²) < 4.78 is 36.6. The van der Waals surface area contributed by atoms with Gasteiger partial charge in [-0.3, -0.25) is 4.79 Å². The van der Waals surface area contributed by atoms with Crippen molar-refractivity contribution < 1.29 is 17.0 Å². The van der Waals surface area contributed by atoms with Gasteiger partial charge in [-0.1, -0.05) is 45.8 Å². The van der Waals surface area contributed by atoms with Crippen LogP contribution in [0.1, 0.15) is 5.56 Å². The molecule has 5 nitrogen and oxygen atoms in total. The average Bonchev–Trinajstić information content (AvgIpc) is 2.69. The molecule has 29 heavy (non-hydrogen) atoms. The van der Waals surface area contributed by atoms with Gasteiger partial charge in [0.25, 0.3) is 0 Å². The molecule has 0 saturated carbocycles. The van der Waals surface area contributed by atoms with Crippen molar-refractivity contribution in [2.75, 3.05) is 0 Å². The molecular weight excluding hydrogens is 456 g/mol. The van der Waals surface area contributed by atoms with Crippen LogP contribution < -0.4 is 9.61 Å². The number of aryl methyl sites for hydroxylation is 1. The Morgan fingerprint density at radius 2 is 1.62 bits per heavy atom. The molecule has 4 rings (SSSR count). The van der Waals surface area contributed by atoms with E-state index in [2.05, 4.69) is 15.9 Å². The lowest BCUT2D eigenvalue weighted by molar-refractivity contribution is 0.485. The Labute approximate surface area is 175 Å². The van der Waals surface area contributed by atoms with Gasteiger partial charge in [0.05, 0.1) is 10.9 Å². The van der Waals surface area contributed by atoms with Crippen molar-refractivity contribution in [2.24, 2.45) is 0 Å². The van der Waals surface area contributed by atoms with Gasteiger partial charge in [-0.15, -0.1) is 0 Å². The molecule has 0 aliphatic heterocycles. The van der Waals surface area contributed by atoms with Gasteiger partial charge in [0.15, 0.2) is 5.43 Å². The highest BCUT2D eigenvalue weighted by atomic mass is 79.9. The number of halogens is 1. The van der Waals surface area contributed by atoms with Gasteiger partial charge in [0.2, 0.25) is 0 Å². The Morgan fingerprint density at radius 1 is 0.931 bits per heavy atom. The van der Waals surface area contributed by atoms with E-state index in [1.54, 1.807) is 12.1 Å². The third kappa shape index (κ3) is 3.97. The van der Waals surface area contributed by atoms with Gasteiger partial charge in [0, 0.05) is 10.5 Å². The Morgan fingerprint density at radius 3 is 2.31 bits per heavy atom. The molecule has 0 radical (unpaired) electrons. The van der Waals surface area contributed by atoms with Gasteiger partial charge in [0.1, 0.15) is 22.5 Å². The van der Waals surface area contributed by atoms with Crippen molar-refractivity contribution in [3.8, 4) is 16.9 Å². The zero-order valence-corrected chi connectivity index (χ0v) is 17.7. The standard InChI is InChI=1S/C22H15BrO5S/c1-14-2-9-18(10-3-14)29(25,26)28-17-8-11-19-21(12-17)27-13-20(22(19)24)15-4-6-16(23)7-5-15/h2-13H,1H3. The lowest BCUT2D eigenvalue weighted by Crippen LogP contribution is -2.10. The molecule has 1 heterocycles. The number of rotatable bonds is 4. The Balaban J connectivity index is 1.70. The van der Waals surface area contributed by atoms with Gasteiger partial charge in [-0.25, -0.2) is 0 Å². The number of benzene rings is 3. The molecule has 146 valence electrons. The normalized spacial score (nSPS) is 11.5. The fourth-order valence-electron chi connectivity index (χ4n) is 2.87. The first-order chi connectivity index (χ1) is 13.8. The molecule has 0 saturated heterocycles. The third-order valence-corrected chi connectivity index (χ3v) is 6.21. The largest absolute Gasteiger partial charge is 0.463 e. The second-order valence-electron chi connectivity index (χ2n) is 6.49. The minimum atomic E-state index is -3.99. The van der Waals surface area contributed by atoms with E-state index >= 15 is 0 Å². The topological polar surface area (TPSA) is 73.6 Å². The Bertz CT molecular complexity index is 1360. The molecule has 4 aromatic rings. The average molecular weight is 471 g/mol. The lowest BCUT2D eigenvalue weighted by Gasteiger charge is -2.08. The highest BCUT2D eigenvalue weighted by molar-refractivity contribution is 9.10. The zero-order valence-electron chi connectivity index (χ0n) is 15.3. The zero-order chi connectivity index (χ0) is 20.6. The summed E-state index contributed by atoms with van der Waals surface area (Å²) in [4.78, 5) is 12.9. The van der Waals surface area contributed by atoms with E-state index in [-0.39, 0.29) is 21.7 Å². The molecule has 0 amide bonds. The summed E-state index contributed by atoms with van der Waals surface area (Å²) >= 11 is 3.36. The predicted molar refractivity (Wildman–Crippen MR) is 115 cm³/mol. The monoisotopic (exact) mass is 470 g/mol. The SMILES string of the molecule is Cc1ccc(S(=O)(=O)Oc2ccc3c(=O)c(-c4ccc(Br)cc4)coc3c2)cc1. The van der Waals surface area contributed by atoms with E-state index in [0.29, 0.717) is 10.9 Å². The first-order valence-corrected chi connectivity index (χ1v) is 10.9. The molecule has 7 heteroatoms. The Hall–Kier alpha value is -2.90. The van der Waals surface area contributed by atoms with Crippen LogP contribution in [0.25, 0.3) is 22.1 Å². The van der Waals surface area contributed by atoms with Gasteiger partial charge >= 0.3 is 10.1 Å². The summed E-state index contributed by atoms with van der Waals surface area (Å²) in [5.74, 6) is 0.0672. The van der Waals surface area contributed by atoms with Crippen LogP contribution in [0.5, 0.6) is 5.75 Å². The molecule has 0 unspecified atom stereocenters. The van der Waals surface area contributed by atoms with Gasteiger partial charge < -0.3 is 8.60 Å². The lowest BCUT2D eigenvalue weighted by atomic mass is 10.1. The highest BCUT2D eigenvalue weighted by Gasteiger charge is 2.17. The first kappa shape index (κ1) is 19.4. The third-order valence-electron chi connectivity index (χ3n) is 4.42. The van der Waals surface area contributed by atoms with E-state index in [1.165, 1.54) is 36.6 Å². The summed E-state index contributed by atoms with van der Waals surface area (Å²) in [7, 11) is -3.99. The van der Waals surface area contributed by atoms with Crippen LogP contribution >= 0.6 is 15.9 Å². The van der Waals surface area contributed by atoms with Crippen LogP contribution in [0.2, 0.25) is 0 Å². The van der Waals surface area contributed by atoms with Crippen molar-refractivity contribution in [2.45, 2.75) is 11.8 Å². The molecule has 0 fully saturated rings. The smallest absolute Gasteiger partial charge is 0.339 e. The second kappa shape index (κ2) is 7.50. The minimum Gasteiger partial charge on any atom is -0.463 e. The maximum Gasteiger partial charge on any atom is 0.339 e. The molecule has 0 aliphatic carbocycles. The van der Waals surface area contributed by atoms with Crippen LogP contribution in [0, 0.1) is 6.92 Å². The summed E-state index contributed by atoms with van der Waals surface area (Å²) in [5.41, 5.74) is 2.13. The molecule has 0 bridgehead atoms. The summed E-state index contributed by atoms with van der Waals surface area (Å²) in [6, 6.07) is 18.0. The van der Waals surface area contributed by atoms with Crippen LogP contribution in [0.3, 0.4) is 0 Å². The Kier molecular flexibility index (Phi) is 5.02. The van der Waals surface area contributed by atoms with Crippen LogP contribution in [0.15, 0.2) is 91.6 Å². The number of hydrogen-bond donors (Lipinski definition) is 0. The molecular formula is C22H15BrO5S. The second-order valence-corrected chi connectivity index (χ2v) is 8.96. The molecule has 0 aliphatic rings. The van der Waals surface area contributed by atoms with E-state index in [0.717, 1.165) is 15.6 Å². The predicted octanol–water partition coefficient (Wildman–Crippen LogP) is 5.30. The minimum absolute atomic E-state index is 0.0511. The summed E-state index contributed by atoms with van der Waals surface area (Å²) in [5, 5.41) is 0.338. The number of hydrogen-bond acceptors (Lipinski definition) is 5. The van der Waals surface area contributed by atoms with E-state index in [4.69, 9.17) is 8.60 Å². The maximum absolute atomic E-state index is 12.8. The van der Waals surface area contributed by atoms with Crippen LogP contribution in [-0.4, -0.2) is 8.42 Å². The molecule has 0 atom stereocenters. The number of fused-ring (bicyclic) bond motifs is 1. The maximum atomic E-state index is 12.8. The van der Waals surface area contributed by atoms with Crippen LogP contribution in [0.4, 0.5) is 0 Å². The van der Waals surface area contributed by atoms with Crippen molar-refractivity contribution in [1.29, 1.82) is 0 Å². The van der Waals surface area contributed by atoms with E-state index in [1.807, 2.05) is 31.2 Å². The summed E-state index contributed by atoms with van der Waals surface area (Å²) in [6.07, 6.45) is 1.37. The van der Waals surface area contributed by atoms with Gasteiger partial charge in [-0.2, -0.15) is 8.42 Å². The first-order valence-electron chi connectivity index (χ1n) is 8.66. The van der Waals surface area contributed by atoms with Crippen molar-refractivity contribution in [3.63, 3.8) is 0 Å². The van der Waals surface area contributed by atoms with E-state index in [9.17, 15) is 13.2 Å². The molecule has 0 N–H and O–H groups in total. The fourth-order valence-corrected chi connectivity index (χ4v) is 4.06. The van der Waals surface area contributed by atoms with Crippen molar-refractivity contribution in [3.05, 3.63) is 93.3 Å². The van der Waals surface area contributed by atoms with Crippen LogP contribution in [-0.2, 0) is 10.1 Å². The quantitative estimate of drug-likeness (QED) is 0.378. The van der Waals surface area contributed by atoms with Gasteiger partial charge in [-0.05, 0) is 48.9 Å². The van der Waals surface area contributed by atoms with Crippen molar-refractivity contribution in [1.82, 2.24) is 0 Å². The molecule has 3 aromatic carbocycles. The van der Waals surface area contributed by atoms with Crippen molar-refractivity contribution >= 4 is 37.0 Å².